The average molecular weight is 439 g/mol. The Morgan fingerprint density at radius 3 is 2.50 bits per heavy atom. The monoisotopic (exact) mass is 439 g/mol. The molecule has 2 bridgehead atoms. The molecule has 0 aliphatic carbocycles. The lowest BCUT2D eigenvalue weighted by atomic mass is 10.2. The van der Waals surface area contributed by atoms with Crippen molar-refractivity contribution in [2.75, 3.05) is 32.5 Å². The molecule has 32 heavy (non-hydrogen) atoms. The summed E-state index contributed by atoms with van der Waals surface area (Å²) in [5.74, 6) is -0.359. The molecule has 1 amide bonds. The largest absolute Gasteiger partial charge is 0.477 e. The zero-order valence-corrected chi connectivity index (χ0v) is 17.8. The number of aromatic carboxylic acids is 1. The third-order valence-corrected chi connectivity index (χ3v) is 5.18. The van der Waals surface area contributed by atoms with E-state index in [1.165, 1.54) is 18.5 Å². The molecule has 11 nitrogen and oxygen atoms in total. The molecule has 5 heterocycles. The topological polar surface area (TPSA) is 145 Å². The molecular formula is C21H25N7O4. The van der Waals surface area contributed by atoms with Crippen molar-refractivity contribution in [3.8, 4) is 0 Å². The maximum atomic E-state index is 12.7. The molecule has 168 valence electrons. The van der Waals surface area contributed by atoms with Crippen molar-refractivity contribution < 1.29 is 19.4 Å². The van der Waals surface area contributed by atoms with Crippen molar-refractivity contribution >= 4 is 34.7 Å². The van der Waals surface area contributed by atoms with Crippen LogP contribution >= 0.6 is 0 Å². The van der Waals surface area contributed by atoms with Gasteiger partial charge >= 0.3 is 5.97 Å². The molecule has 4 N–H and O–H groups in total. The number of aromatic amines is 1. The number of rotatable bonds is 4. The summed E-state index contributed by atoms with van der Waals surface area (Å²) in [6.45, 7) is 1.25. The van der Waals surface area contributed by atoms with Gasteiger partial charge in [-0.1, -0.05) is 0 Å². The molecule has 2 fully saturated rings. The number of morpholine rings is 1. The summed E-state index contributed by atoms with van der Waals surface area (Å²) in [4.78, 5) is 41.0. The van der Waals surface area contributed by atoms with Crippen LogP contribution < -0.4 is 10.6 Å². The molecule has 5 rings (SSSR count). The number of likely N-dealkylation sites (tertiary alicyclic amines) is 1. The lowest BCUT2D eigenvalue weighted by Gasteiger charge is -2.32. The van der Waals surface area contributed by atoms with Crippen LogP contribution in [-0.4, -0.2) is 81.2 Å². The zero-order chi connectivity index (χ0) is 22.7. The summed E-state index contributed by atoms with van der Waals surface area (Å²) in [5, 5.41) is 15.4. The zero-order valence-electron chi connectivity index (χ0n) is 17.8. The van der Waals surface area contributed by atoms with Crippen molar-refractivity contribution in [3.05, 3.63) is 41.9 Å². The van der Waals surface area contributed by atoms with Crippen LogP contribution in [0.25, 0.3) is 11.0 Å². The second-order valence-electron chi connectivity index (χ2n) is 7.71. The van der Waals surface area contributed by atoms with Crippen LogP contribution in [0.2, 0.25) is 0 Å². The molecule has 2 atom stereocenters. The summed E-state index contributed by atoms with van der Waals surface area (Å²) >= 11 is 0. The second-order valence-corrected chi connectivity index (χ2v) is 7.71. The van der Waals surface area contributed by atoms with E-state index in [0.29, 0.717) is 35.5 Å². The summed E-state index contributed by atoms with van der Waals surface area (Å²) in [7, 11) is 3.75. The fourth-order valence-corrected chi connectivity index (χ4v) is 3.76. The highest BCUT2D eigenvalue weighted by atomic mass is 16.5. The molecule has 3 aromatic rings. The Hall–Kier alpha value is -3.57. The van der Waals surface area contributed by atoms with Crippen molar-refractivity contribution in [2.24, 2.45) is 0 Å². The van der Waals surface area contributed by atoms with Crippen LogP contribution in [0.3, 0.4) is 0 Å². The standard InChI is InChI=1S/C19H18N6O4.C2H7N/c26-17(25-8-12-2-3-13(9-25)29-12)10-1-4-15(20-6-10)23-19-21-7-11-5-14(18(27)28)22-16(11)24-19;1-3-2/h1,4-7,12-13H,2-3,8-9H2,(H,27,28)(H2,20,21,22,23,24);3H,1-2H3. The van der Waals surface area contributed by atoms with Crippen LogP contribution in [-0.2, 0) is 4.74 Å². The normalized spacial score (nSPS) is 19.4. The number of aromatic nitrogens is 4. The van der Waals surface area contributed by atoms with Crippen molar-refractivity contribution in [1.82, 2.24) is 30.2 Å². The SMILES string of the molecule is CNC.O=C(O)c1cc2cnc(Nc3ccc(C(=O)N4CC5CCC(C4)O5)cn3)nc2[nH]1. The van der Waals surface area contributed by atoms with Crippen LogP contribution in [0.5, 0.6) is 0 Å². The minimum absolute atomic E-state index is 0.0454. The van der Waals surface area contributed by atoms with Gasteiger partial charge in [-0.3, -0.25) is 4.79 Å². The van der Waals surface area contributed by atoms with Gasteiger partial charge in [0.1, 0.15) is 17.2 Å². The molecule has 0 saturated carbocycles. The number of pyridine rings is 1. The smallest absolute Gasteiger partial charge is 0.352 e. The van der Waals surface area contributed by atoms with Gasteiger partial charge in [-0.25, -0.2) is 14.8 Å². The third-order valence-electron chi connectivity index (χ3n) is 5.18. The number of carbonyl (C=O) groups excluding carboxylic acids is 1. The van der Waals surface area contributed by atoms with Crippen LogP contribution in [0.4, 0.5) is 11.8 Å². The van der Waals surface area contributed by atoms with Gasteiger partial charge < -0.3 is 30.4 Å². The Morgan fingerprint density at radius 1 is 1.16 bits per heavy atom. The van der Waals surface area contributed by atoms with Gasteiger partial charge in [0, 0.05) is 30.9 Å². The first kappa shape index (κ1) is 21.7. The number of hydrogen-bond acceptors (Lipinski definition) is 8. The number of hydrogen-bond donors (Lipinski definition) is 4. The molecule has 2 unspecified atom stereocenters. The highest BCUT2D eigenvalue weighted by Gasteiger charge is 2.36. The van der Waals surface area contributed by atoms with E-state index >= 15 is 0 Å². The molecule has 11 heteroatoms. The quantitative estimate of drug-likeness (QED) is 0.476. The fourth-order valence-electron chi connectivity index (χ4n) is 3.76. The first-order chi connectivity index (χ1) is 15.5. The van der Waals surface area contributed by atoms with Crippen molar-refractivity contribution in [1.29, 1.82) is 0 Å². The number of nitrogens with zero attached hydrogens (tertiary/aromatic N) is 4. The van der Waals surface area contributed by atoms with Crippen LogP contribution in [0.15, 0.2) is 30.6 Å². The van der Waals surface area contributed by atoms with Gasteiger partial charge in [-0.05, 0) is 45.1 Å². The lowest BCUT2D eigenvalue weighted by Crippen LogP contribution is -2.45. The maximum Gasteiger partial charge on any atom is 0.352 e. The molecule has 2 aliphatic heterocycles. The molecular weight excluding hydrogens is 414 g/mol. The third kappa shape index (κ3) is 4.68. The summed E-state index contributed by atoms with van der Waals surface area (Å²) in [6.07, 6.45) is 5.36. The Labute approximate surface area is 184 Å². The minimum atomic E-state index is -1.06. The highest BCUT2D eigenvalue weighted by Crippen LogP contribution is 2.27. The lowest BCUT2D eigenvalue weighted by molar-refractivity contribution is -0.0303. The number of carbonyl (C=O) groups is 2. The highest BCUT2D eigenvalue weighted by molar-refractivity contribution is 5.94. The summed E-state index contributed by atoms with van der Waals surface area (Å²) in [6, 6.07) is 4.87. The number of H-pyrrole nitrogens is 1. The molecule has 0 radical (unpaired) electrons. The predicted molar refractivity (Wildman–Crippen MR) is 117 cm³/mol. The number of nitrogens with one attached hydrogen (secondary N) is 3. The van der Waals surface area contributed by atoms with Gasteiger partial charge in [-0.15, -0.1) is 0 Å². The molecule has 0 aromatic carbocycles. The Morgan fingerprint density at radius 2 is 1.88 bits per heavy atom. The van der Waals surface area contributed by atoms with Gasteiger partial charge in [0.05, 0.1) is 17.8 Å². The van der Waals surface area contributed by atoms with E-state index in [2.05, 4.69) is 30.6 Å². The van der Waals surface area contributed by atoms with E-state index in [1.54, 1.807) is 12.1 Å². The van der Waals surface area contributed by atoms with Gasteiger partial charge in [0.25, 0.3) is 5.91 Å². The second kappa shape index (κ2) is 9.28. The van der Waals surface area contributed by atoms with E-state index in [4.69, 9.17) is 9.84 Å². The average Bonchev–Trinajstić information content (AvgIpc) is 3.36. The van der Waals surface area contributed by atoms with E-state index in [-0.39, 0.29) is 29.8 Å². The molecule has 2 saturated heterocycles. The van der Waals surface area contributed by atoms with E-state index in [1.807, 2.05) is 19.0 Å². The number of carboxylic acids is 1. The predicted octanol–water partition coefficient (Wildman–Crippen LogP) is 1.63. The first-order valence-electron chi connectivity index (χ1n) is 10.3. The molecule has 2 aliphatic rings. The Bertz CT molecular complexity index is 1100. The number of carboxylic acid groups (broad SMARTS) is 1. The summed E-state index contributed by atoms with van der Waals surface area (Å²) < 4.78 is 5.78. The van der Waals surface area contributed by atoms with E-state index in [9.17, 15) is 9.59 Å². The number of fused-ring (bicyclic) bond motifs is 3. The van der Waals surface area contributed by atoms with Crippen LogP contribution in [0, 0.1) is 0 Å². The Balaban J connectivity index is 0.000000775. The number of ether oxygens (including phenoxy) is 1. The van der Waals surface area contributed by atoms with Crippen LogP contribution in [0.1, 0.15) is 33.7 Å². The first-order valence-corrected chi connectivity index (χ1v) is 10.3. The minimum Gasteiger partial charge on any atom is -0.477 e. The number of anilines is 2. The van der Waals surface area contributed by atoms with E-state index < -0.39 is 5.97 Å². The van der Waals surface area contributed by atoms with Gasteiger partial charge in [0.15, 0.2) is 0 Å². The molecule has 3 aromatic heterocycles. The van der Waals surface area contributed by atoms with Crippen molar-refractivity contribution in [3.63, 3.8) is 0 Å². The van der Waals surface area contributed by atoms with Gasteiger partial charge in [0.2, 0.25) is 5.95 Å². The van der Waals surface area contributed by atoms with E-state index in [0.717, 1.165) is 12.8 Å². The molecule has 0 spiro atoms. The van der Waals surface area contributed by atoms with Gasteiger partial charge in [-0.2, -0.15) is 4.98 Å². The Kier molecular flexibility index (Phi) is 6.28. The summed E-state index contributed by atoms with van der Waals surface area (Å²) in [5.41, 5.74) is 0.973. The number of amides is 1. The maximum absolute atomic E-state index is 12.7. The van der Waals surface area contributed by atoms with Crippen molar-refractivity contribution in [2.45, 2.75) is 25.0 Å². The fraction of sp³-hybridized carbons (Fsp3) is 0.381.